The molecule has 0 unspecified atom stereocenters. The molecule has 7 nitrogen and oxygen atoms in total. The van der Waals surface area contributed by atoms with Crippen molar-refractivity contribution in [1.82, 2.24) is 10.3 Å². The predicted octanol–water partition coefficient (Wildman–Crippen LogP) is 1.91. The van der Waals surface area contributed by atoms with Gasteiger partial charge in [0, 0.05) is 23.8 Å². The highest BCUT2D eigenvalue weighted by Crippen LogP contribution is 2.28. The van der Waals surface area contributed by atoms with E-state index in [1.165, 1.54) is 27.8 Å². The third kappa shape index (κ3) is 5.12. The molecule has 3 rings (SSSR count). The molecular formula is C16H16N4O3S2. The molecule has 2 heterocycles. The second-order valence-corrected chi connectivity index (χ2v) is 7.04. The van der Waals surface area contributed by atoms with E-state index in [9.17, 15) is 5.11 Å². The van der Waals surface area contributed by atoms with Crippen LogP contribution in [0.25, 0.3) is 11.3 Å². The molecule has 0 radical (unpaired) electrons. The molecule has 25 heavy (non-hydrogen) atoms. The molecule has 0 N–H and O–H groups in total. The molecule has 130 valence electrons. The summed E-state index contributed by atoms with van der Waals surface area (Å²) in [5.41, 5.74) is 1.97. The molecule has 0 saturated heterocycles. The van der Waals surface area contributed by atoms with Crippen LogP contribution in [0.5, 0.6) is 0 Å². The van der Waals surface area contributed by atoms with Crippen LogP contribution in [0.2, 0.25) is 0 Å². The molecule has 1 aromatic carbocycles. The van der Waals surface area contributed by atoms with E-state index in [2.05, 4.69) is 15.2 Å². The summed E-state index contributed by atoms with van der Waals surface area (Å²) in [4.78, 5) is 8.43. The van der Waals surface area contributed by atoms with Gasteiger partial charge in [-0.3, -0.25) is 4.52 Å². The summed E-state index contributed by atoms with van der Waals surface area (Å²) < 4.78 is 12.3. The first-order valence-corrected chi connectivity index (χ1v) is 9.35. The van der Waals surface area contributed by atoms with Gasteiger partial charge in [-0.05, 0) is 10.6 Å². The van der Waals surface area contributed by atoms with E-state index in [0.29, 0.717) is 13.2 Å². The van der Waals surface area contributed by atoms with Gasteiger partial charge in [-0.2, -0.15) is 0 Å². The van der Waals surface area contributed by atoms with Crippen LogP contribution < -0.4 is 9.79 Å². The van der Waals surface area contributed by atoms with Crippen LogP contribution in [-0.2, 0) is 11.3 Å². The smallest absolute Gasteiger partial charge is 0.320 e. The summed E-state index contributed by atoms with van der Waals surface area (Å²) in [6.45, 7) is 1.05. The summed E-state index contributed by atoms with van der Waals surface area (Å²) in [6.07, 6.45) is 1.57. The highest BCUT2D eigenvalue weighted by atomic mass is 32.2. The fraction of sp³-hybridized carbons (Fsp3) is 0.250. The molecule has 0 spiro atoms. The van der Waals surface area contributed by atoms with Gasteiger partial charge in [-0.1, -0.05) is 42.1 Å². The van der Waals surface area contributed by atoms with E-state index >= 15 is 0 Å². The Balaban J connectivity index is 1.56. The summed E-state index contributed by atoms with van der Waals surface area (Å²) in [5, 5.41) is 17.7. The lowest BCUT2D eigenvalue weighted by atomic mass is 10.2. The molecule has 0 saturated carbocycles. The number of aromatic nitrogens is 3. The SMILES string of the molecule is COCC[n+]1cc(/N=C(\[O-])CSc2nc(-c3ccccc3)cs2)on1. The minimum absolute atomic E-state index is 0.186. The number of rotatable bonds is 8. The quantitative estimate of drug-likeness (QED) is 0.258. The average molecular weight is 376 g/mol. The van der Waals surface area contributed by atoms with Gasteiger partial charge in [0.25, 0.3) is 6.20 Å². The van der Waals surface area contributed by atoms with Gasteiger partial charge >= 0.3 is 5.88 Å². The minimum atomic E-state index is -0.295. The van der Waals surface area contributed by atoms with Crippen LogP contribution in [0.1, 0.15) is 0 Å². The van der Waals surface area contributed by atoms with Gasteiger partial charge in [0.1, 0.15) is 6.61 Å². The Morgan fingerprint density at radius 1 is 1.40 bits per heavy atom. The third-order valence-electron chi connectivity index (χ3n) is 3.13. The second-order valence-electron chi connectivity index (χ2n) is 4.96. The Morgan fingerprint density at radius 3 is 3.04 bits per heavy atom. The predicted molar refractivity (Wildman–Crippen MR) is 93.9 cm³/mol. The van der Waals surface area contributed by atoms with E-state index in [1.807, 2.05) is 35.7 Å². The maximum absolute atomic E-state index is 12.0. The number of thiazole rings is 1. The monoisotopic (exact) mass is 376 g/mol. The summed E-state index contributed by atoms with van der Waals surface area (Å²) >= 11 is 2.87. The van der Waals surface area contributed by atoms with Crippen LogP contribution in [0, 0.1) is 0 Å². The maximum Gasteiger partial charge on any atom is 0.320 e. The third-order valence-corrected chi connectivity index (χ3v) is 5.14. The number of aliphatic imine (C=N–C) groups is 1. The number of hydrogen-bond donors (Lipinski definition) is 0. The number of ether oxygens (including phenoxy) is 1. The van der Waals surface area contributed by atoms with E-state index < -0.39 is 0 Å². The van der Waals surface area contributed by atoms with Crippen LogP contribution >= 0.6 is 23.1 Å². The normalized spacial score (nSPS) is 11.8. The largest absolute Gasteiger partial charge is 0.861 e. The Morgan fingerprint density at radius 2 is 2.24 bits per heavy atom. The van der Waals surface area contributed by atoms with Gasteiger partial charge in [0.15, 0.2) is 4.34 Å². The van der Waals surface area contributed by atoms with Crippen LogP contribution in [0.3, 0.4) is 0 Å². The lowest BCUT2D eigenvalue weighted by molar-refractivity contribution is -0.763. The summed E-state index contributed by atoms with van der Waals surface area (Å²) in [7, 11) is 1.61. The molecule has 0 fully saturated rings. The number of nitrogens with zero attached hydrogens (tertiary/aromatic N) is 4. The van der Waals surface area contributed by atoms with Crippen molar-refractivity contribution in [1.29, 1.82) is 0 Å². The standard InChI is InChI=1S/C16H16N4O3S2/c1-22-8-7-20-9-15(23-19-20)18-14(21)11-25-16-17-13(10-24-16)12-5-3-2-4-6-12/h2-6,9-10H,7-8,11H2,1H3. The Kier molecular flexibility index (Phi) is 6.15. The van der Waals surface area contributed by atoms with Gasteiger partial charge in [-0.15, -0.1) is 11.3 Å². The lowest BCUT2D eigenvalue weighted by Gasteiger charge is -2.06. The molecule has 9 heteroatoms. The van der Waals surface area contributed by atoms with Crippen molar-refractivity contribution in [3.8, 4) is 11.3 Å². The van der Waals surface area contributed by atoms with Crippen molar-refractivity contribution in [2.75, 3.05) is 19.5 Å². The Hall–Kier alpha value is -2.23. The Bertz CT molecular complexity index is 833. The lowest BCUT2D eigenvalue weighted by Crippen LogP contribution is -2.36. The first-order valence-electron chi connectivity index (χ1n) is 7.48. The molecule has 0 aliphatic rings. The zero-order chi connectivity index (χ0) is 17.5. The highest BCUT2D eigenvalue weighted by Gasteiger charge is 2.10. The number of hydrogen-bond acceptors (Lipinski definition) is 8. The average Bonchev–Trinajstić information content (AvgIpc) is 3.28. The van der Waals surface area contributed by atoms with Crippen molar-refractivity contribution >= 4 is 34.9 Å². The zero-order valence-corrected chi connectivity index (χ0v) is 15.1. The van der Waals surface area contributed by atoms with Gasteiger partial charge in [-0.25, -0.2) is 9.98 Å². The molecule has 0 atom stereocenters. The van der Waals surface area contributed by atoms with Gasteiger partial charge < -0.3 is 9.84 Å². The molecule has 2 aromatic heterocycles. The van der Waals surface area contributed by atoms with Crippen molar-refractivity contribution in [2.45, 2.75) is 10.9 Å². The van der Waals surface area contributed by atoms with Crippen LogP contribution in [0.15, 0.2) is 55.8 Å². The zero-order valence-electron chi connectivity index (χ0n) is 13.5. The topological polar surface area (TPSA) is 87.5 Å². The first-order chi connectivity index (χ1) is 12.2. The maximum atomic E-state index is 12.0. The molecule has 3 aromatic rings. The Labute approximate surface area is 153 Å². The van der Waals surface area contributed by atoms with Crippen LogP contribution in [-0.4, -0.2) is 35.6 Å². The van der Waals surface area contributed by atoms with Crippen molar-refractivity contribution < 1.29 is 19.0 Å². The molecular weight excluding hydrogens is 360 g/mol. The molecule has 0 aliphatic carbocycles. The van der Waals surface area contributed by atoms with E-state index in [1.54, 1.807) is 13.3 Å². The summed E-state index contributed by atoms with van der Waals surface area (Å²) in [6, 6.07) is 9.92. The molecule has 0 amide bonds. The van der Waals surface area contributed by atoms with Crippen molar-refractivity contribution in [2.24, 2.45) is 4.99 Å². The molecule has 0 aliphatic heterocycles. The van der Waals surface area contributed by atoms with Crippen molar-refractivity contribution in [3.05, 3.63) is 41.9 Å². The summed E-state index contributed by atoms with van der Waals surface area (Å²) in [5.74, 6) is 0.0860. The fourth-order valence-electron chi connectivity index (χ4n) is 1.95. The number of thioether (sulfide) groups is 1. The van der Waals surface area contributed by atoms with Gasteiger partial charge in [0.2, 0.25) is 11.8 Å². The molecule has 0 bridgehead atoms. The van der Waals surface area contributed by atoms with Crippen molar-refractivity contribution in [3.63, 3.8) is 0 Å². The van der Waals surface area contributed by atoms with Gasteiger partial charge in [0.05, 0.1) is 5.69 Å². The first kappa shape index (κ1) is 17.6. The number of benzene rings is 1. The van der Waals surface area contributed by atoms with E-state index in [4.69, 9.17) is 9.26 Å². The fourth-order valence-corrected chi connectivity index (χ4v) is 3.57. The van der Waals surface area contributed by atoms with E-state index in [0.717, 1.165) is 15.6 Å². The second kappa shape index (κ2) is 8.75. The van der Waals surface area contributed by atoms with E-state index in [-0.39, 0.29) is 17.5 Å². The van der Waals surface area contributed by atoms with Crippen LogP contribution in [0.4, 0.5) is 5.88 Å². The highest BCUT2D eigenvalue weighted by molar-refractivity contribution is 8.01. The minimum Gasteiger partial charge on any atom is -0.861 e. The number of methoxy groups -OCH3 is 1.